The number of nitrogens with one attached hydrogen (secondary N) is 1. The molecular formula is C11H12N2O2. The van der Waals surface area contributed by atoms with Gasteiger partial charge in [-0.3, -0.25) is 10.1 Å². The molecule has 0 aliphatic heterocycles. The van der Waals surface area contributed by atoms with Gasteiger partial charge in [-0.25, -0.2) is 0 Å². The van der Waals surface area contributed by atoms with Gasteiger partial charge in [-0.1, -0.05) is 5.57 Å². The fourth-order valence-corrected chi connectivity index (χ4v) is 1.64. The first kappa shape index (κ1) is 9.71. The van der Waals surface area contributed by atoms with Crippen LogP contribution in [-0.2, 0) is 6.42 Å². The highest BCUT2D eigenvalue weighted by Gasteiger charge is 2.15. The minimum atomic E-state index is -0.325. The zero-order chi connectivity index (χ0) is 11.0. The van der Waals surface area contributed by atoms with E-state index < -0.39 is 0 Å². The Morgan fingerprint density at radius 1 is 1.47 bits per heavy atom. The summed E-state index contributed by atoms with van der Waals surface area (Å²) in [5.74, 6) is 0. The van der Waals surface area contributed by atoms with Crippen LogP contribution in [0, 0.1) is 10.1 Å². The molecule has 0 bridgehead atoms. The molecule has 78 valence electrons. The fraction of sp³-hybridized carbons (Fsp3) is 0.273. The Morgan fingerprint density at radius 2 is 2.20 bits per heavy atom. The van der Waals surface area contributed by atoms with Crippen LogP contribution in [0.3, 0.4) is 0 Å². The van der Waals surface area contributed by atoms with E-state index in [-0.39, 0.29) is 10.6 Å². The molecule has 1 aliphatic carbocycles. The van der Waals surface area contributed by atoms with E-state index in [1.807, 2.05) is 19.9 Å². The summed E-state index contributed by atoms with van der Waals surface area (Å²) in [6.07, 6.45) is 3.74. The van der Waals surface area contributed by atoms with Crippen LogP contribution in [0.15, 0.2) is 17.8 Å². The minimum Gasteiger partial charge on any atom is -0.355 e. The van der Waals surface area contributed by atoms with Gasteiger partial charge < -0.3 is 4.98 Å². The van der Waals surface area contributed by atoms with Gasteiger partial charge in [0.15, 0.2) is 0 Å². The molecule has 4 heteroatoms. The van der Waals surface area contributed by atoms with Gasteiger partial charge in [0, 0.05) is 16.8 Å². The zero-order valence-electron chi connectivity index (χ0n) is 8.70. The van der Waals surface area contributed by atoms with Crippen molar-refractivity contribution in [2.24, 2.45) is 0 Å². The van der Waals surface area contributed by atoms with E-state index in [0.717, 1.165) is 16.3 Å². The van der Waals surface area contributed by atoms with Crippen LogP contribution in [0.2, 0.25) is 0 Å². The molecule has 15 heavy (non-hydrogen) atoms. The van der Waals surface area contributed by atoms with E-state index in [0.29, 0.717) is 6.42 Å². The highest BCUT2D eigenvalue weighted by atomic mass is 16.6. The number of aromatic amines is 1. The predicted octanol–water partition coefficient (Wildman–Crippen LogP) is 0.702. The second-order valence-corrected chi connectivity index (χ2v) is 3.88. The van der Waals surface area contributed by atoms with E-state index in [2.05, 4.69) is 4.98 Å². The smallest absolute Gasteiger partial charge is 0.250 e. The summed E-state index contributed by atoms with van der Waals surface area (Å²) in [6, 6.07) is 1.98. The molecule has 1 aliphatic rings. The first-order chi connectivity index (χ1) is 7.08. The molecule has 1 heterocycles. The van der Waals surface area contributed by atoms with Crippen LogP contribution in [0.1, 0.15) is 19.4 Å². The Kier molecular flexibility index (Phi) is 2.19. The molecule has 0 atom stereocenters. The molecule has 1 aromatic heterocycles. The second-order valence-electron chi connectivity index (χ2n) is 3.88. The lowest BCUT2D eigenvalue weighted by atomic mass is 10.1. The van der Waals surface area contributed by atoms with Gasteiger partial charge in [0.05, 0.1) is 11.3 Å². The van der Waals surface area contributed by atoms with Crippen molar-refractivity contribution in [1.82, 2.24) is 4.98 Å². The molecule has 0 radical (unpaired) electrons. The third kappa shape index (κ3) is 1.70. The van der Waals surface area contributed by atoms with Gasteiger partial charge in [-0.05, 0) is 31.6 Å². The summed E-state index contributed by atoms with van der Waals surface area (Å²) in [6.45, 7) is 4.03. The van der Waals surface area contributed by atoms with Crippen LogP contribution < -0.4 is 10.7 Å². The summed E-state index contributed by atoms with van der Waals surface area (Å²) in [7, 11) is 0. The van der Waals surface area contributed by atoms with Gasteiger partial charge in [0.25, 0.3) is 5.70 Å². The summed E-state index contributed by atoms with van der Waals surface area (Å²) >= 11 is 0. The summed E-state index contributed by atoms with van der Waals surface area (Å²) < 4.78 is 0. The third-order valence-electron chi connectivity index (χ3n) is 2.52. The average Bonchev–Trinajstić information content (AvgIpc) is 2.59. The Morgan fingerprint density at radius 3 is 2.80 bits per heavy atom. The molecule has 1 N–H and O–H groups in total. The van der Waals surface area contributed by atoms with Crippen LogP contribution in [0.25, 0.3) is 11.6 Å². The Bertz CT molecular complexity index is 560. The van der Waals surface area contributed by atoms with Crippen LogP contribution in [0.5, 0.6) is 0 Å². The van der Waals surface area contributed by atoms with Crippen LogP contribution >= 0.6 is 0 Å². The molecule has 0 saturated heterocycles. The summed E-state index contributed by atoms with van der Waals surface area (Å²) in [5, 5.41) is 12.6. The second kappa shape index (κ2) is 3.38. The van der Waals surface area contributed by atoms with Gasteiger partial charge >= 0.3 is 0 Å². The highest BCUT2D eigenvalue weighted by Crippen LogP contribution is 2.07. The standard InChI is InChI=1S/C11H12N2O2/c1-7(2)11-6-8-5-9(13(14)15)3-4-10(8)12-11/h3-4,6,12H,5H2,1-2H3. The zero-order valence-corrected chi connectivity index (χ0v) is 8.70. The van der Waals surface area contributed by atoms with Crippen LogP contribution in [-0.4, -0.2) is 9.91 Å². The number of fused-ring (bicyclic) bond motifs is 1. The lowest BCUT2D eigenvalue weighted by Gasteiger charge is -1.99. The number of hydrogen-bond acceptors (Lipinski definition) is 2. The number of nitrogens with zero attached hydrogens (tertiary/aromatic N) is 1. The number of nitro groups is 1. The highest BCUT2D eigenvalue weighted by molar-refractivity contribution is 5.46. The SMILES string of the molecule is CC(C)=c1cc2c([nH]1)=CC=C([N+](=O)[O-])C2. The number of H-pyrrole nitrogens is 1. The molecule has 2 rings (SSSR count). The van der Waals surface area contributed by atoms with Crippen molar-refractivity contribution in [3.8, 4) is 0 Å². The van der Waals surface area contributed by atoms with E-state index in [9.17, 15) is 10.1 Å². The van der Waals surface area contributed by atoms with E-state index in [1.165, 1.54) is 5.57 Å². The normalized spacial score (nSPS) is 13.9. The molecule has 0 spiro atoms. The van der Waals surface area contributed by atoms with Crippen molar-refractivity contribution in [3.63, 3.8) is 0 Å². The maximum Gasteiger partial charge on any atom is 0.250 e. The fourth-order valence-electron chi connectivity index (χ4n) is 1.64. The number of hydrogen-bond donors (Lipinski definition) is 1. The van der Waals surface area contributed by atoms with Gasteiger partial charge in [0.2, 0.25) is 0 Å². The van der Waals surface area contributed by atoms with Crippen LogP contribution in [0.4, 0.5) is 0 Å². The lowest BCUT2D eigenvalue weighted by molar-refractivity contribution is -0.427. The summed E-state index contributed by atoms with van der Waals surface area (Å²) in [4.78, 5) is 13.5. The van der Waals surface area contributed by atoms with E-state index >= 15 is 0 Å². The number of allylic oxidation sites excluding steroid dienone is 2. The molecule has 0 fully saturated rings. The summed E-state index contributed by atoms with van der Waals surface area (Å²) in [5.41, 5.74) is 2.43. The maximum absolute atomic E-state index is 10.6. The average molecular weight is 204 g/mol. The topological polar surface area (TPSA) is 58.9 Å². The number of aromatic nitrogens is 1. The maximum atomic E-state index is 10.6. The minimum absolute atomic E-state index is 0.252. The van der Waals surface area contributed by atoms with Crippen molar-refractivity contribution in [1.29, 1.82) is 0 Å². The first-order valence-corrected chi connectivity index (χ1v) is 4.78. The lowest BCUT2D eigenvalue weighted by Crippen LogP contribution is -2.16. The molecule has 4 nitrogen and oxygen atoms in total. The van der Waals surface area contributed by atoms with Gasteiger partial charge in [-0.2, -0.15) is 0 Å². The van der Waals surface area contributed by atoms with E-state index in [4.69, 9.17) is 0 Å². The molecule has 1 aromatic rings. The largest absolute Gasteiger partial charge is 0.355 e. The molecular weight excluding hydrogens is 192 g/mol. The van der Waals surface area contributed by atoms with Crippen molar-refractivity contribution in [2.45, 2.75) is 20.3 Å². The molecule has 0 aromatic carbocycles. The molecule has 0 saturated carbocycles. The van der Waals surface area contributed by atoms with Crippen molar-refractivity contribution in [2.75, 3.05) is 0 Å². The van der Waals surface area contributed by atoms with Crippen molar-refractivity contribution in [3.05, 3.63) is 44.2 Å². The Labute approximate surface area is 86.8 Å². The number of rotatable bonds is 1. The molecule has 0 unspecified atom stereocenters. The van der Waals surface area contributed by atoms with Crippen molar-refractivity contribution < 1.29 is 4.92 Å². The van der Waals surface area contributed by atoms with Gasteiger partial charge in [-0.15, -0.1) is 0 Å². The van der Waals surface area contributed by atoms with Crippen molar-refractivity contribution >= 4 is 11.6 Å². The first-order valence-electron chi connectivity index (χ1n) is 4.78. The predicted molar refractivity (Wildman–Crippen MR) is 58.0 cm³/mol. The third-order valence-corrected chi connectivity index (χ3v) is 2.52. The van der Waals surface area contributed by atoms with E-state index in [1.54, 1.807) is 12.2 Å². The Hall–Kier alpha value is -1.84. The van der Waals surface area contributed by atoms with Gasteiger partial charge in [0.1, 0.15) is 0 Å². The molecule has 0 amide bonds. The quantitative estimate of drug-likeness (QED) is 0.540. The monoisotopic (exact) mass is 204 g/mol. The Balaban J connectivity index is 2.53.